The largest absolute Gasteiger partial charge is 0.445 e. The number of rotatable bonds is 5. The minimum atomic E-state index is -0.506. The van der Waals surface area contributed by atoms with Gasteiger partial charge in [0, 0.05) is 26.1 Å². The molecule has 0 bridgehead atoms. The zero-order valence-electron chi connectivity index (χ0n) is 11.9. The average molecular weight is 292 g/mol. The molecule has 0 saturated carbocycles. The third-order valence-corrected chi connectivity index (χ3v) is 3.18. The van der Waals surface area contributed by atoms with Crippen LogP contribution in [0.5, 0.6) is 0 Å². The predicted octanol–water partition coefficient (Wildman–Crippen LogP) is 1.16. The summed E-state index contributed by atoms with van der Waals surface area (Å²) in [5.41, 5.74) is 0.928. The smallest absolute Gasteiger partial charge is 0.407 e. The van der Waals surface area contributed by atoms with Crippen LogP contribution in [0, 0.1) is 0 Å². The highest BCUT2D eigenvalue weighted by molar-refractivity contribution is 5.77. The number of amides is 2. The molecule has 1 heterocycles. The molecule has 1 N–H and O–H groups in total. The normalized spacial score (nSPS) is 14.6. The summed E-state index contributed by atoms with van der Waals surface area (Å²) in [4.78, 5) is 25.1. The van der Waals surface area contributed by atoms with Crippen LogP contribution in [0.15, 0.2) is 30.3 Å². The van der Waals surface area contributed by atoms with Crippen molar-refractivity contribution in [2.24, 2.45) is 0 Å². The first kappa shape index (κ1) is 15.3. The molecule has 1 fully saturated rings. The highest BCUT2D eigenvalue weighted by atomic mass is 16.5. The second-order valence-corrected chi connectivity index (χ2v) is 4.73. The van der Waals surface area contributed by atoms with Crippen LogP contribution in [0.4, 0.5) is 4.79 Å². The lowest BCUT2D eigenvalue weighted by atomic mass is 10.2. The molecule has 1 aliphatic heterocycles. The molecule has 0 radical (unpaired) electrons. The first-order valence-electron chi connectivity index (χ1n) is 7.06. The molecule has 6 nitrogen and oxygen atoms in total. The second kappa shape index (κ2) is 8.26. The minimum absolute atomic E-state index is 0.0293. The highest BCUT2D eigenvalue weighted by Gasteiger charge is 2.16. The van der Waals surface area contributed by atoms with Crippen molar-refractivity contribution < 1.29 is 19.1 Å². The van der Waals surface area contributed by atoms with E-state index >= 15 is 0 Å². The summed E-state index contributed by atoms with van der Waals surface area (Å²) in [6.07, 6.45) is -0.228. The van der Waals surface area contributed by atoms with E-state index in [0.29, 0.717) is 26.3 Å². The number of hydrogen-bond donors (Lipinski definition) is 1. The molecular formula is C15H20N2O4. The van der Waals surface area contributed by atoms with E-state index in [9.17, 15) is 9.59 Å². The van der Waals surface area contributed by atoms with E-state index in [0.717, 1.165) is 5.56 Å². The number of carbonyl (C=O) groups is 2. The van der Waals surface area contributed by atoms with Crippen molar-refractivity contribution in [2.75, 3.05) is 32.8 Å². The van der Waals surface area contributed by atoms with Gasteiger partial charge in [-0.25, -0.2) is 4.79 Å². The van der Waals surface area contributed by atoms with E-state index in [1.807, 2.05) is 30.3 Å². The molecule has 0 spiro atoms. The molecule has 0 aliphatic carbocycles. The van der Waals surface area contributed by atoms with E-state index in [1.54, 1.807) is 4.90 Å². The fourth-order valence-electron chi connectivity index (χ4n) is 2.02. The third-order valence-electron chi connectivity index (χ3n) is 3.18. The van der Waals surface area contributed by atoms with E-state index in [4.69, 9.17) is 9.47 Å². The lowest BCUT2D eigenvalue weighted by molar-refractivity contribution is -0.135. The quantitative estimate of drug-likeness (QED) is 0.884. The Labute approximate surface area is 124 Å². The number of hydrogen-bond acceptors (Lipinski definition) is 4. The van der Waals surface area contributed by atoms with Crippen molar-refractivity contribution in [2.45, 2.75) is 13.0 Å². The van der Waals surface area contributed by atoms with Gasteiger partial charge >= 0.3 is 6.09 Å². The molecule has 0 aromatic heterocycles. The van der Waals surface area contributed by atoms with Crippen molar-refractivity contribution in [3.05, 3.63) is 35.9 Å². The summed E-state index contributed by atoms with van der Waals surface area (Å²) in [6.45, 7) is 2.92. The minimum Gasteiger partial charge on any atom is -0.445 e. The monoisotopic (exact) mass is 292 g/mol. The highest BCUT2D eigenvalue weighted by Crippen LogP contribution is 2.01. The summed E-state index contributed by atoms with van der Waals surface area (Å²) in [7, 11) is 0. The number of alkyl carbamates (subject to hydrolysis) is 1. The van der Waals surface area contributed by atoms with Crippen LogP contribution < -0.4 is 5.32 Å². The molecule has 1 aromatic carbocycles. The number of nitrogens with zero attached hydrogens (tertiary/aromatic N) is 1. The molecule has 114 valence electrons. The number of nitrogens with one attached hydrogen (secondary N) is 1. The fraction of sp³-hybridized carbons (Fsp3) is 0.467. The molecule has 1 aliphatic rings. The van der Waals surface area contributed by atoms with Gasteiger partial charge in [0.05, 0.1) is 13.2 Å². The molecule has 0 unspecified atom stereocenters. The summed E-state index contributed by atoms with van der Waals surface area (Å²) >= 11 is 0. The lowest BCUT2D eigenvalue weighted by Gasteiger charge is -2.26. The Morgan fingerprint density at radius 1 is 1.19 bits per heavy atom. The number of carbonyl (C=O) groups excluding carboxylic acids is 2. The van der Waals surface area contributed by atoms with Crippen LogP contribution in [0.1, 0.15) is 12.0 Å². The van der Waals surface area contributed by atoms with Crippen molar-refractivity contribution in [3.8, 4) is 0 Å². The second-order valence-electron chi connectivity index (χ2n) is 4.73. The Hall–Kier alpha value is -2.08. The van der Waals surface area contributed by atoms with Crippen LogP contribution in [0.25, 0.3) is 0 Å². The topological polar surface area (TPSA) is 67.9 Å². The van der Waals surface area contributed by atoms with Crippen molar-refractivity contribution in [1.29, 1.82) is 0 Å². The summed E-state index contributed by atoms with van der Waals surface area (Å²) < 4.78 is 10.2. The van der Waals surface area contributed by atoms with Crippen LogP contribution in [0.2, 0.25) is 0 Å². The van der Waals surface area contributed by atoms with Gasteiger partial charge in [-0.2, -0.15) is 0 Å². The lowest BCUT2D eigenvalue weighted by Crippen LogP contribution is -2.42. The van der Waals surface area contributed by atoms with Gasteiger partial charge < -0.3 is 19.7 Å². The maximum atomic E-state index is 11.8. The van der Waals surface area contributed by atoms with Gasteiger partial charge in [-0.05, 0) is 5.56 Å². The molecular weight excluding hydrogens is 272 g/mol. The van der Waals surface area contributed by atoms with Gasteiger partial charge in [0.1, 0.15) is 6.61 Å². The Morgan fingerprint density at radius 2 is 1.90 bits per heavy atom. The van der Waals surface area contributed by atoms with E-state index < -0.39 is 6.09 Å². The standard InChI is InChI=1S/C15H20N2O4/c18-14(17-8-10-20-11-9-17)6-7-16-15(19)21-12-13-4-2-1-3-5-13/h1-5H,6-12H2,(H,16,19). The van der Waals surface area contributed by atoms with Gasteiger partial charge in [-0.15, -0.1) is 0 Å². The Morgan fingerprint density at radius 3 is 2.62 bits per heavy atom. The Kier molecular flexibility index (Phi) is 6.02. The number of ether oxygens (including phenoxy) is 2. The van der Waals surface area contributed by atoms with Crippen molar-refractivity contribution >= 4 is 12.0 Å². The Bertz CT molecular complexity index is 458. The van der Waals surface area contributed by atoms with E-state index in [1.165, 1.54) is 0 Å². The molecule has 6 heteroatoms. The zero-order chi connectivity index (χ0) is 14.9. The SMILES string of the molecule is O=C(NCCC(=O)N1CCOCC1)OCc1ccccc1. The first-order valence-corrected chi connectivity index (χ1v) is 7.06. The summed E-state index contributed by atoms with van der Waals surface area (Å²) in [6, 6.07) is 9.44. The van der Waals surface area contributed by atoms with Gasteiger partial charge in [0.2, 0.25) is 5.91 Å². The molecule has 0 atom stereocenters. The first-order chi connectivity index (χ1) is 10.3. The zero-order valence-corrected chi connectivity index (χ0v) is 11.9. The van der Waals surface area contributed by atoms with Crippen LogP contribution in [0.3, 0.4) is 0 Å². The van der Waals surface area contributed by atoms with Crippen LogP contribution >= 0.6 is 0 Å². The molecule has 2 amide bonds. The summed E-state index contributed by atoms with van der Waals surface area (Å²) in [5, 5.41) is 2.58. The van der Waals surface area contributed by atoms with E-state index in [2.05, 4.69) is 5.32 Å². The van der Waals surface area contributed by atoms with Crippen LogP contribution in [-0.4, -0.2) is 49.7 Å². The Balaban J connectivity index is 1.59. The third kappa shape index (κ3) is 5.43. The molecule has 1 saturated heterocycles. The van der Waals surface area contributed by atoms with Gasteiger partial charge in [0.25, 0.3) is 0 Å². The maximum absolute atomic E-state index is 11.8. The van der Waals surface area contributed by atoms with E-state index in [-0.39, 0.29) is 25.5 Å². The van der Waals surface area contributed by atoms with Gasteiger partial charge in [-0.3, -0.25) is 4.79 Å². The molecule has 21 heavy (non-hydrogen) atoms. The summed E-state index contributed by atoms with van der Waals surface area (Å²) in [5.74, 6) is 0.0293. The van der Waals surface area contributed by atoms with Crippen molar-refractivity contribution in [1.82, 2.24) is 10.2 Å². The number of benzene rings is 1. The van der Waals surface area contributed by atoms with Gasteiger partial charge in [-0.1, -0.05) is 30.3 Å². The molecule has 1 aromatic rings. The molecule has 2 rings (SSSR count). The fourth-order valence-corrected chi connectivity index (χ4v) is 2.02. The maximum Gasteiger partial charge on any atom is 0.407 e. The van der Waals surface area contributed by atoms with Gasteiger partial charge in [0.15, 0.2) is 0 Å². The average Bonchev–Trinajstić information content (AvgIpc) is 2.54. The van der Waals surface area contributed by atoms with Crippen LogP contribution in [-0.2, 0) is 20.9 Å². The predicted molar refractivity (Wildman–Crippen MR) is 76.6 cm³/mol. The number of morpholine rings is 1. The van der Waals surface area contributed by atoms with Crippen molar-refractivity contribution in [3.63, 3.8) is 0 Å².